The van der Waals surface area contributed by atoms with Gasteiger partial charge in [0.15, 0.2) is 0 Å². The normalized spacial score (nSPS) is 19.6. The molecule has 2 aromatic carbocycles. The van der Waals surface area contributed by atoms with E-state index in [0.717, 1.165) is 10.9 Å². The van der Waals surface area contributed by atoms with Crippen molar-refractivity contribution in [3.8, 4) is 0 Å². The summed E-state index contributed by atoms with van der Waals surface area (Å²) in [7, 11) is 0. The molecule has 0 bridgehead atoms. The van der Waals surface area contributed by atoms with E-state index in [9.17, 15) is 9.90 Å². The second kappa shape index (κ2) is 5.72. The van der Waals surface area contributed by atoms with Gasteiger partial charge in [0.2, 0.25) is 0 Å². The molecule has 108 valence electrons. The fourth-order valence-corrected chi connectivity index (χ4v) is 3.25. The molecule has 21 heavy (non-hydrogen) atoms. The second-order valence-corrected chi connectivity index (χ2v) is 5.82. The summed E-state index contributed by atoms with van der Waals surface area (Å²) >= 11 is 0. The minimum Gasteiger partial charge on any atom is -0.481 e. The zero-order chi connectivity index (χ0) is 14.8. The molecule has 2 atom stereocenters. The van der Waals surface area contributed by atoms with Gasteiger partial charge in [0, 0.05) is 5.92 Å². The highest BCUT2D eigenvalue weighted by Gasteiger charge is 2.20. The standard InChI is InChI=1S/C19H20O2/c1-13(19(20)21)15-11-12-16(14-7-3-2-4-8-14)18-10-6-5-9-17(15)18/h3,5-7,9-14H,2,4,8H2,1H3,(H,20,21)/t13-,14-/m1/s1. The fraction of sp³-hybridized carbons (Fsp3) is 0.316. The molecular formula is C19H20O2. The van der Waals surface area contributed by atoms with Crippen LogP contribution in [0.4, 0.5) is 0 Å². The molecule has 0 saturated heterocycles. The van der Waals surface area contributed by atoms with Crippen molar-refractivity contribution in [1.29, 1.82) is 0 Å². The average molecular weight is 280 g/mol. The molecule has 1 aliphatic carbocycles. The van der Waals surface area contributed by atoms with Gasteiger partial charge in [0.1, 0.15) is 0 Å². The third-order valence-electron chi connectivity index (χ3n) is 4.48. The van der Waals surface area contributed by atoms with Gasteiger partial charge >= 0.3 is 5.97 Å². The van der Waals surface area contributed by atoms with Crippen LogP contribution in [0.25, 0.3) is 10.8 Å². The first-order chi connectivity index (χ1) is 10.2. The number of carbonyl (C=O) groups is 1. The number of carboxylic acids is 1. The predicted molar refractivity (Wildman–Crippen MR) is 85.7 cm³/mol. The van der Waals surface area contributed by atoms with Crippen molar-refractivity contribution in [1.82, 2.24) is 0 Å². The molecule has 0 saturated carbocycles. The van der Waals surface area contributed by atoms with Crippen LogP contribution in [0.1, 0.15) is 49.1 Å². The molecule has 0 heterocycles. The molecule has 2 aromatic rings. The third kappa shape index (κ3) is 2.58. The number of fused-ring (bicyclic) bond motifs is 1. The lowest BCUT2D eigenvalue weighted by Crippen LogP contribution is -2.09. The van der Waals surface area contributed by atoms with Gasteiger partial charge in [0.25, 0.3) is 0 Å². The molecule has 0 amide bonds. The van der Waals surface area contributed by atoms with E-state index in [-0.39, 0.29) is 0 Å². The summed E-state index contributed by atoms with van der Waals surface area (Å²) in [5.74, 6) is -0.797. The maximum Gasteiger partial charge on any atom is 0.310 e. The van der Waals surface area contributed by atoms with E-state index in [0.29, 0.717) is 5.92 Å². The van der Waals surface area contributed by atoms with Crippen molar-refractivity contribution in [3.05, 3.63) is 59.7 Å². The Balaban J connectivity index is 2.16. The van der Waals surface area contributed by atoms with Gasteiger partial charge in [-0.1, -0.05) is 48.6 Å². The van der Waals surface area contributed by atoms with Crippen LogP contribution < -0.4 is 0 Å². The van der Waals surface area contributed by atoms with Crippen molar-refractivity contribution in [2.75, 3.05) is 0 Å². The molecule has 0 spiro atoms. The Kier molecular flexibility index (Phi) is 3.78. The van der Waals surface area contributed by atoms with E-state index < -0.39 is 11.9 Å². The number of benzene rings is 2. The van der Waals surface area contributed by atoms with Gasteiger partial charge in [-0.15, -0.1) is 0 Å². The highest BCUT2D eigenvalue weighted by atomic mass is 16.4. The quantitative estimate of drug-likeness (QED) is 0.816. The van der Waals surface area contributed by atoms with E-state index in [4.69, 9.17) is 0 Å². The zero-order valence-electron chi connectivity index (χ0n) is 12.3. The minimum absolute atomic E-state index is 0.456. The Labute approximate surface area is 125 Å². The van der Waals surface area contributed by atoms with E-state index in [1.165, 1.54) is 30.2 Å². The zero-order valence-corrected chi connectivity index (χ0v) is 12.3. The van der Waals surface area contributed by atoms with Crippen molar-refractivity contribution in [2.24, 2.45) is 0 Å². The predicted octanol–water partition coefficient (Wildman–Crippen LogP) is 4.85. The lowest BCUT2D eigenvalue weighted by atomic mass is 9.84. The lowest BCUT2D eigenvalue weighted by molar-refractivity contribution is -0.138. The average Bonchev–Trinajstić information content (AvgIpc) is 2.54. The van der Waals surface area contributed by atoms with Crippen LogP contribution in [0.3, 0.4) is 0 Å². The molecule has 0 radical (unpaired) electrons. The number of aliphatic carboxylic acids is 1. The van der Waals surface area contributed by atoms with Crippen molar-refractivity contribution >= 4 is 16.7 Å². The van der Waals surface area contributed by atoms with Crippen LogP contribution in [-0.4, -0.2) is 11.1 Å². The summed E-state index contributed by atoms with van der Waals surface area (Å²) in [6.07, 6.45) is 8.13. The van der Waals surface area contributed by atoms with Gasteiger partial charge in [-0.05, 0) is 48.1 Å². The lowest BCUT2D eigenvalue weighted by Gasteiger charge is -2.21. The number of rotatable bonds is 3. The molecule has 2 nitrogen and oxygen atoms in total. The van der Waals surface area contributed by atoms with E-state index in [1.807, 2.05) is 24.3 Å². The number of hydrogen-bond donors (Lipinski definition) is 1. The molecule has 0 aromatic heterocycles. The Morgan fingerprint density at radius 3 is 2.62 bits per heavy atom. The molecule has 2 heteroatoms. The molecule has 1 N–H and O–H groups in total. The van der Waals surface area contributed by atoms with E-state index in [1.54, 1.807) is 6.92 Å². The summed E-state index contributed by atoms with van der Waals surface area (Å²) in [4.78, 5) is 11.3. The van der Waals surface area contributed by atoms with Crippen molar-refractivity contribution in [3.63, 3.8) is 0 Å². The first-order valence-electron chi connectivity index (χ1n) is 7.59. The van der Waals surface area contributed by atoms with Crippen LogP contribution in [-0.2, 0) is 4.79 Å². The van der Waals surface area contributed by atoms with Crippen LogP contribution >= 0.6 is 0 Å². The largest absolute Gasteiger partial charge is 0.481 e. The van der Waals surface area contributed by atoms with Gasteiger partial charge in [-0.2, -0.15) is 0 Å². The van der Waals surface area contributed by atoms with Crippen LogP contribution in [0.2, 0.25) is 0 Å². The second-order valence-electron chi connectivity index (χ2n) is 5.82. The SMILES string of the molecule is C[C@@H](C(=O)O)c1ccc([C@@H]2C=CCCC2)c2ccccc12. The maximum absolute atomic E-state index is 11.3. The van der Waals surface area contributed by atoms with E-state index >= 15 is 0 Å². The number of carboxylic acid groups (broad SMARTS) is 1. The smallest absolute Gasteiger partial charge is 0.310 e. The Morgan fingerprint density at radius 2 is 1.95 bits per heavy atom. The van der Waals surface area contributed by atoms with Crippen LogP contribution in [0, 0.1) is 0 Å². The molecule has 0 fully saturated rings. The third-order valence-corrected chi connectivity index (χ3v) is 4.48. The monoisotopic (exact) mass is 280 g/mol. The van der Waals surface area contributed by atoms with Crippen molar-refractivity contribution in [2.45, 2.75) is 38.0 Å². The Bertz CT molecular complexity index is 700. The topological polar surface area (TPSA) is 37.3 Å². The molecule has 1 aliphatic rings. The summed E-state index contributed by atoms with van der Waals surface area (Å²) in [5.41, 5.74) is 2.23. The molecule has 3 rings (SSSR count). The first-order valence-corrected chi connectivity index (χ1v) is 7.59. The van der Waals surface area contributed by atoms with Crippen LogP contribution in [0.5, 0.6) is 0 Å². The molecule has 0 aliphatic heterocycles. The number of allylic oxidation sites excluding steroid dienone is 2. The Hall–Kier alpha value is -2.09. The van der Waals surface area contributed by atoms with Gasteiger partial charge in [-0.3, -0.25) is 4.79 Å². The minimum atomic E-state index is -0.773. The highest BCUT2D eigenvalue weighted by molar-refractivity contribution is 5.93. The Morgan fingerprint density at radius 1 is 1.19 bits per heavy atom. The highest BCUT2D eigenvalue weighted by Crippen LogP contribution is 2.36. The molecule has 0 unspecified atom stereocenters. The molecular weight excluding hydrogens is 260 g/mol. The van der Waals surface area contributed by atoms with E-state index in [2.05, 4.69) is 24.3 Å². The fourth-order valence-electron chi connectivity index (χ4n) is 3.25. The van der Waals surface area contributed by atoms with Gasteiger partial charge in [-0.25, -0.2) is 0 Å². The summed E-state index contributed by atoms with van der Waals surface area (Å²) < 4.78 is 0. The van der Waals surface area contributed by atoms with Crippen molar-refractivity contribution < 1.29 is 9.90 Å². The summed E-state index contributed by atoms with van der Waals surface area (Å²) in [6.45, 7) is 1.75. The van der Waals surface area contributed by atoms with Gasteiger partial charge in [0.05, 0.1) is 5.92 Å². The van der Waals surface area contributed by atoms with Gasteiger partial charge < -0.3 is 5.11 Å². The number of hydrogen-bond acceptors (Lipinski definition) is 1. The van der Waals surface area contributed by atoms with Crippen LogP contribution in [0.15, 0.2) is 48.6 Å². The summed E-state index contributed by atoms with van der Waals surface area (Å²) in [5, 5.41) is 11.6. The first kappa shape index (κ1) is 13.9. The summed E-state index contributed by atoms with van der Waals surface area (Å²) in [6, 6.07) is 12.3. The maximum atomic E-state index is 11.3.